The molecule has 0 bridgehead atoms. The molecule has 0 spiro atoms. The lowest BCUT2D eigenvalue weighted by atomic mass is 9.79. The fourth-order valence-corrected chi connectivity index (χ4v) is 1.40. The Morgan fingerprint density at radius 2 is 1.93 bits per heavy atom. The van der Waals surface area contributed by atoms with Gasteiger partial charge in [-0.2, -0.15) is 0 Å². The quantitative estimate of drug-likeness (QED) is 0.603. The zero-order chi connectivity index (χ0) is 10.9. The van der Waals surface area contributed by atoms with E-state index in [1.807, 2.05) is 0 Å². The minimum atomic E-state index is -2.22. The minimum absolute atomic E-state index is 0.0983. The molecule has 3 nitrogen and oxygen atoms in total. The van der Waals surface area contributed by atoms with E-state index in [9.17, 15) is 8.78 Å². The Balaban J connectivity index is 3.45. The van der Waals surface area contributed by atoms with E-state index < -0.39 is 24.2 Å². The normalized spacial score (nSPS) is 10.1. The topological polar surface area (TPSA) is 49.7 Å². The van der Waals surface area contributed by atoms with Gasteiger partial charge in [-0.1, -0.05) is 0 Å². The van der Waals surface area contributed by atoms with E-state index >= 15 is 0 Å². The maximum Gasteiger partial charge on any atom is 0.494 e. The lowest BCUT2D eigenvalue weighted by molar-refractivity contribution is 0.380. The molecule has 1 rings (SSSR count). The summed E-state index contributed by atoms with van der Waals surface area (Å²) >= 11 is 2.80. The second-order valence-electron chi connectivity index (χ2n) is 2.48. The summed E-state index contributed by atoms with van der Waals surface area (Å²) in [7, 11) is -1.03. The molecule has 7 heteroatoms. The summed E-state index contributed by atoms with van der Waals surface area (Å²) in [5, 5.41) is 17.5. The standard InChI is InChI=1S/C7H6BBrF2O3/c1-14-4-2-3(9)6(10)5(7(4)11)8(12)13/h2,12-13H,1H3. The molecule has 76 valence electrons. The first-order valence-corrected chi connectivity index (χ1v) is 4.35. The number of benzene rings is 1. The second-order valence-corrected chi connectivity index (χ2v) is 3.33. The Kier molecular flexibility index (Phi) is 3.46. The highest BCUT2D eigenvalue weighted by Gasteiger charge is 2.26. The van der Waals surface area contributed by atoms with Gasteiger partial charge in [0.2, 0.25) is 0 Å². The van der Waals surface area contributed by atoms with Crippen LogP contribution in [-0.2, 0) is 0 Å². The van der Waals surface area contributed by atoms with Gasteiger partial charge in [0.05, 0.1) is 17.0 Å². The fraction of sp³-hybridized carbons (Fsp3) is 0.143. The predicted octanol–water partition coefficient (Wildman–Crippen LogP) is 0.416. The van der Waals surface area contributed by atoms with Gasteiger partial charge in [0.25, 0.3) is 0 Å². The van der Waals surface area contributed by atoms with Gasteiger partial charge in [-0.15, -0.1) is 0 Å². The Labute approximate surface area is 87.6 Å². The molecular weight excluding hydrogens is 261 g/mol. The second kappa shape index (κ2) is 4.25. The molecule has 0 aliphatic carbocycles. The van der Waals surface area contributed by atoms with Crippen molar-refractivity contribution in [2.45, 2.75) is 0 Å². The van der Waals surface area contributed by atoms with Crippen molar-refractivity contribution >= 4 is 28.5 Å². The SMILES string of the molecule is COc1cc(Br)c(F)c(B(O)O)c1F. The van der Waals surface area contributed by atoms with Crippen LogP contribution in [0.5, 0.6) is 5.75 Å². The van der Waals surface area contributed by atoms with E-state index in [0.717, 1.165) is 6.07 Å². The number of halogens is 3. The van der Waals surface area contributed by atoms with Gasteiger partial charge in [-0.25, -0.2) is 8.78 Å². The van der Waals surface area contributed by atoms with Crippen LogP contribution < -0.4 is 10.2 Å². The van der Waals surface area contributed by atoms with Gasteiger partial charge in [-0.05, 0) is 15.9 Å². The molecule has 0 unspecified atom stereocenters. The van der Waals surface area contributed by atoms with Gasteiger partial charge in [0, 0.05) is 6.07 Å². The van der Waals surface area contributed by atoms with Crippen LogP contribution in [0.1, 0.15) is 0 Å². The third-order valence-corrected chi connectivity index (χ3v) is 2.21. The Morgan fingerprint density at radius 1 is 1.36 bits per heavy atom. The summed E-state index contributed by atoms with van der Waals surface area (Å²) in [6, 6.07) is 1.07. The molecule has 0 amide bonds. The average molecular weight is 267 g/mol. The van der Waals surface area contributed by atoms with Crippen LogP contribution in [0.2, 0.25) is 0 Å². The van der Waals surface area contributed by atoms with Crippen molar-refractivity contribution in [3.05, 3.63) is 22.2 Å². The number of ether oxygens (including phenoxy) is 1. The Morgan fingerprint density at radius 3 is 2.36 bits per heavy atom. The number of hydrogen-bond donors (Lipinski definition) is 2. The van der Waals surface area contributed by atoms with Crippen LogP contribution in [0.3, 0.4) is 0 Å². The largest absolute Gasteiger partial charge is 0.494 e. The summed E-state index contributed by atoms with van der Waals surface area (Å²) in [5.74, 6) is -2.44. The Bertz CT molecular complexity index is 359. The van der Waals surface area contributed by atoms with Crippen LogP contribution >= 0.6 is 15.9 Å². The third-order valence-electron chi connectivity index (χ3n) is 1.63. The van der Waals surface area contributed by atoms with E-state index in [1.165, 1.54) is 7.11 Å². The summed E-state index contributed by atoms with van der Waals surface area (Å²) in [4.78, 5) is 0. The Hall–Kier alpha value is -0.655. The summed E-state index contributed by atoms with van der Waals surface area (Å²) in [5.41, 5.74) is -0.837. The highest BCUT2D eigenvalue weighted by molar-refractivity contribution is 9.10. The molecule has 0 aliphatic heterocycles. The minimum Gasteiger partial charge on any atom is -0.494 e. The van der Waals surface area contributed by atoms with E-state index in [2.05, 4.69) is 20.7 Å². The van der Waals surface area contributed by atoms with Crippen molar-refractivity contribution < 1.29 is 23.6 Å². The lowest BCUT2D eigenvalue weighted by Gasteiger charge is -2.09. The smallest absolute Gasteiger partial charge is 0.494 e. The first kappa shape index (κ1) is 11.4. The number of rotatable bonds is 2. The van der Waals surface area contributed by atoms with Crippen LogP contribution in [0.15, 0.2) is 10.5 Å². The van der Waals surface area contributed by atoms with Crippen molar-refractivity contribution in [2.24, 2.45) is 0 Å². The van der Waals surface area contributed by atoms with Gasteiger partial charge >= 0.3 is 7.12 Å². The molecule has 0 heterocycles. The van der Waals surface area contributed by atoms with Crippen LogP contribution in [-0.4, -0.2) is 24.3 Å². The zero-order valence-electron chi connectivity index (χ0n) is 7.09. The molecule has 0 saturated heterocycles. The first-order chi connectivity index (χ1) is 6.49. The maximum atomic E-state index is 13.3. The molecule has 1 aromatic carbocycles. The lowest BCUT2D eigenvalue weighted by Crippen LogP contribution is -2.36. The van der Waals surface area contributed by atoms with E-state index in [1.54, 1.807) is 0 Å². The molecule has 0 fully saturated rings. The molecule has 14 heavy (non-hydrogen) atoms. The molecule has 0 atom stereocenters. The van der Waals surface area contributed by atoms with Gasteiger partial charge in [-0.3, -0.25) is 0 Å². The summed E-state index contributed by atoms with van der Waals surface area (Å²) in [6.07, 6.45) is 0. The molecular formula is C7H6BBrF2O3. The van der Waals surface area contributed by atoms with Crippen LogP contribution in [0.25, 0.3) is 0 Å². The van der Waals surface area contributed by atoms with Gasteiger partial charge in [0.1, 0.15) is 5.82 Å². The van der Waals surface area contributed by atoms with E-state index in [4.69, 9.17) is 10.0 Å². The van der Waals surface area contributed by atoms with Gasteiger partial charge < -0.3 is 14.8 Å². The monoisotopic (exact) mass is 266 g/mol. The van der Waals surface area contributed by atoms with Crippen molar-refractivity contribution in [1.29, 1.82) is 0 Å². The van der Waals surface area contributed by atoms with Crippen molar-refractivity contribution in [3.8, 4) is 5.75 Å². The predicted molar refractivity (Wildman–Crippen MR) is 50.4 cm³/mol. The summed E-state index contributed by atoms with van der Waals surface area (Å²) < 4.78 is 30.9. The van der Waals surface area contributed by atoms with Crippen molar-refractivity contribution in [3.63, 3.8) is 0 Å². The van der Waals surface area contributed by atoms with Gasteiger partial charge in [0.15, 0.2) is 11.6 Å². The number of methoxy groups -OCH3 is 1. The van der Waals surface area contributed by atoms with Crippen LogP contribution in [0, 0.1) is 11.6 Å². The van der Waals surface area contributed by atoms with E-state index in [0.29, 0.717) is 0 Å². The molecule has 0 saturated carbocycles. The average Bonchev–Trinajstić information content (AvgIpc) is 2.11. The third kappa shape index (κ3) is 1.89. The first-order valence-electron chi connectivity index (χ1n) is 3.56. The molecule has 0 radical (unpaired) electrons. The molecule has 2 N–H and O–H groups in total. The number of hydrogen-bond acceptors (Lipinski definition) is 3. The molecule has 0 aromatic heterocycles. The van der Waals surface area contributed by atoms with Crippen molar-refractivity contribution in [1.82, 2.24) is 0 Å². The zero-order valence-corrected chi connectivity index (χ0v) is 8.68. The fourth-order valence-electron chi connectivity index (χ4n) is 0.975. The highest BCUT2D eigenvalue weighted by atomic mass is 79.9. The van der Waals surface area contributed by atoms with Crippen molar-refractivity contribution in [2.75, 3.05) is 7.11 Å². The molecule has 0 aliphatic rings. The molecule has 1 aromatic rings. The maximum absolute atomic E-state index is 13.3. The van der Waals surface area contributed by atoms with Crippen LogP contribution in [0.4, 0.5) is 8.78 Å². The highest BCUT2D eigenvalue weighted by Crippen LogP contribution is 2.23. The summed E-state index contributed by atoms with van der Waals surface area (Å²) in [6.45, 7) is 0. The van der Waals surface area contributed by atoms with E-state index in [-0.39, 0.29) is 10.2 Å².